The van der Waals surface area contributed by atoms with Crippen molar-refractivity contribution in [3.8, 4) is 11.4 Å². The maximum Gasteiger partial charge on any atom is 0.253 e. The number of nitrogens with one attached hydrogen (secondary N) is 2. The van der Waals surface area contributed by atoms with Crippen LogP contribution in [0.25, 0.3) is 17.5 Å². The Bertz CT molecular complexity index is 1570. The third-order valence-corrected chi connectivity index (χ3v) is 7.19. The predicted octanol–water partition coefficient (Wildman–Crippen LogP) is 6.09. The number of para-hydroxylation sites is 1. The molecule has 7 nitrogen and oxygen atoms in total. The molecule has 2 N–H and O–H groups in total. The Kier molecular flexibility index (Phi) is 6.87. The van der Waals surface area contributed by atoms with Gasteiger partial charge in [-0.3, -0.25) is 9.78 Å². The molecule has 0 fully saturated rings. The normalized spacial score (nSPS) is 17.6. The molecule has 0 bridgehead atoms. The van der Waals surface area contributed by atoms with E-state index in [0.29, 0.717) is 29.3 Å². The number of amides is 1. The van der Waals surface area contributed by atoms with E-state index >= 15 is 0 Å². The van der Waals surface area contributed by atoms with E-state index in [9.17, 15) is 4.79 Å². The number of methoxy groups -OCH3 is 1. The number of ether oxygens (including phenoxy) is 1. The first kappa shape index (κ1) is 24.6. The van der Waals surface area contributed by atoms with E-state index in [1.54, 1.807) is 19.5 Å². The van der Waals surface area contributed by atoms with Crippen molar-refractivity contribution >= 4 is 23.5 Å². The molecule has 1 aromatic carbocycles. The van der Waals surface area contributed by atoms with Gasteiger partial charge >= 0.3 is 0 Å². The number of hydrogen-bond acceptors (Lipinski definition) is 6. The highest BCUT2D eigenvalue weighted by molar-refractivity contribution is 6.00. The van der Waals surface area contributed by atoms with Gasteiger partial charge in [-0.15, -0.1) is 0 Å². The minimum Gasteiger partial charge on any atom is -0.497 e. The van der Waals surface area contributed by atoms with E-state index in [0.717, 1.165) is 41.8 Å². The number of aromatic nitrogens is 3. The molecule has 1 atom stereocenters. The Morgan fingerprint density at radius 3 is 2.79 bits per heavy atom. The molecule has 0 saturated heterocycles. The third-order valence-electron chi connectivity index (χ3n) is 7.19. The predicted molar refractivity (Wildman–Crippen MR) is 153 cm³/mol. The van der Waals surface area contributed by atoms with Crippen LogP contribution in [0.1, 0.15) is 40.9 Å². The van der Waals surface area contributed by atoms with Crippen molar-refractivity contribution in [1.29, 1.82) is 0 Å². The number of nitrogens with zero attached hydrogens (tertiary/aromatic N) is 3. The molecule has 2 heterocycles. The maximum atomic E-state index is 13.5. The largest absolute Gasteiger partial charge is 0.497 e. The topological polar surface area (TPSA) is 89.0 Å². The van der Waals surface area contributed by atoms with Crippen LogP contribution in [0.15, 0.2) is 102 Å². The average Bonchev–Trinajstić information content (AvgIpc) is 3.10. The number of carbonyl (C=O) groups excluding carboxylic acids is 1. The van der Waals surface area contributed by atoms with Crippen LogP contribution in [-0.2, 0) is 11.2 Å². The number of carbonyl (C=O) groups is 1. The van der Waals surface area contributed by atoms with E-state index < -0.39 is 0 Å². The highest BCUT2D eigenvalue weighted by Crippen LogP contribution is 2.33. The van der Waals surface area contributed by atoms with Crippen LogP contribution in [0.2, 0.25) is 0 Å². The van der Waals surface area contributed by atoms with Crippen molar-refractivity contribution in [3.63, 3.8) is 0 Å². The Morgan fingerprint density at radius 2 is 1.92 bits per heavy atom. The quantitative estimate of drug-likeness (QED) is 0.413. The number of anilines is 2. The number of allylic oxidation sites excluding steroid dienone is 6. The lowest BCUT2D eigenvalue weighted by Gasteiger charge is -2.18. The molecule has 0 radical (unpaired) electrons. The summed E-state index contributed by atoms with van der Waals surface area (Å²) in [6.45, 7) is 0. The zero-order valence-corrected chi connectivity index (χ0v) is 21.7. The van der Waals surface area contributed by atoms with Gasteiger partial charge in [-0.1, -0.05) is 42.0 Å². The van der Waals surface area contributed by atoms with Crippen molar-refractivity contribution in [2.75, 3.05) is 12.4 Å². The monoisotopic (exact) mass is 515 g/mol. The van der Waals surface area contributed by atoms with Crippen LogP contribution >= 0.6 is 0 Å². The highest BCUT2D eigenvalue weighted by Gasteiger charge is 2.25. The van der Waals surface area contributed by atoms with Gasteiger partial charge in [0, 0.05) is 36.0 Å². The van der Waals surface area contributed by atoms with E-state index in [1.165, 1.54) is 11.1 Å². The first-order valence-electron chi connectivity index (χ1n) is 13.1. The number of fused-ring (bicyclic) bond motifs is 1. The molecule has 1 unspecified atom stereocenters. The minimum atomic E-state index is -0.102. The molecule has 3 aliphatic carbocycles. The van der Waals surface area contributed by atoms with Gasteiger partial charge in [0.15, 0.2) is 5.82 Å². The summed E-state index contributed by atoms with van der Waals surface area (Å²) in [5.74, 6) is 1.85. The van der Waals surface area contributed by atoms with Crippen molar-refractivity contribution < 1.29 is 9.53 Å². The van der Waals surface area contributed by atoms with Crippen LogP contribution in [-0.4, -0.2) is 34.0 Å². The summed E-state index contributed by atoms with van der Waals surface area (Å²) in [6.07, 6.45) is 21.1. The summed E-state index contributed by atoms with van der Waals surface area (Å²) in [4.78, 5) is 27.5. The molecule has 6 rings (SSSR count). The lowest BCUT2D eigenvalue weighted by atomic mass is 10.1. The van der Waals surface area contributed by atoms with E-state index in [1.807, 2.05) is 54.6 Å². The summed E-state index contributed by atoms with van der Waals surface area (Å²) in [5, 5.41) is 6.73. The molecular weight excluding hydrogens is 486 g/mol. The Labute approximate surface area is 227 Å². The van der Waals surface area contributed by atoms with Gasteiger partial charge in [-0.25, -0.2) is 9.97 Å². The van der Waals surface area contributed by atoms with Crippen LogP contribution in [0, 0.1) is 0 Å². The number of rotatable bonds is 6. The fraction of sp³-hybridized carbons (Fsp3) is 0.188. The smallest absolute Gasteiger partial charge is 0.253 e. The Hall–Kier alpha value is -4.78. The Morgan fingerprint density at radius 1 is 1.00 bits per heavy atom. The standard InChI is InChI=1S/C32H29N5O2/c1-39-25-13-15-26-29(16-14-25)35-30(23-10-7-17-33-20-23)37-31(26)36-28-12-6-5-11-27(28)32(38)34-24-18-21-8-3-2-4-9-22(21)19-24/h2-8,10-14,16-17,20,24H,9,15,18-19H2,1H3,(H,34,38)(H,35,36,37). The number of benzene rings is 1. The lowest BCUT2D eigenvalue weighted by molar-refractivity contribution is 0.0939. The first-order valence-corrected chi connectivity index (χ1v) is 13.1. The molecule has 0 saturated carbocycles. The van der Waals surface area contributed by atoms with Gasteiger partial charge in [0.1, 0.15) is 11.6 Å². The van der Waals surface area contributed by atoms with Crippen LogP contribution in [0.5, 0.6) is 0 Å². The summed E-state index contributed by atoms with van der Waals surface area (Å²) in [7, 11) is 1.65. The second-order valence-electron chi connectivity index (χ2n) is 9.72. The minimum absolute atomic E-state index is 0.0851. The number of hydrogen-bond donors (Lipinski definition) is 2. The molecule has 2 aromatic heterocycles. The van der Waals surface area contributed by atoms with E-state index in [4.69, 9.17) is 14.7 Å². The molecule has 0 aliphatic heterocycles. The van der Waals surface area contributed by atoms with Crippen LogP contribution in [0.3, 0.4) is 0 Å². The summed E-state index contributed by atoms with van der Waals surface area (Å²) in [6, 6.07) is 11.4. The molecular formula is C32H29N5O2. The second-order valence-corrected chi connectivity index (χ2v) is 9.72. The van der Waals surface area contributed by atoms with Crippen molar-refractivity contribution in [3.05, 3.63) is 119 Å². The van der Waals surface area contributed by atoms with Gasteiger partial charge in [-0.05, 0) is 67.3 Å². The molecule has 0 spiro atoms. The van der Waals surface area contributed by atoms with Crippen molar-refractivity contribution in [1.82, 2.24) is 20.3 Å². The van der Waals surface area contributed by atoms with Gasteiger partial charge < -0.3 is 15.4 Å². The lowest BCUT2D eigenvalue weighted by Crippen LogP contribution is -2.33. The maximum absolute atomic E-state index is 13.5. The van der Waals surface area contributed by atoms with E-state index in [2.05, 4.69) is 39.9 Å². The van der Waals surface area contributed by atoms with Crippen LogP contribution < -0.4 is 10.6 Å². The van der Waals surface area contributed by atoms with Crippen molar-refractivity contribution in [2.24, 2.45) is 0 Å². The summed E-state index contributed by atoms with van der Waals surface area (Å²) < 4.78 is 5.46. The molecule has 39 heavy (non-hydrogen) atoms. The second kappa shape index (κ2) is 10.9. The third kappa shape index (κ3) is 5.29. The van der Waals surface area contributed by atoms with Crippen molar-refractivity contribution in [2.45, 2.75) is 31.7 Å². The van der Waals surface area contributed by atoms with E-state index in [-0.39, 0.29) is 11.9 Å². The van der Waals surface area contributed by atoms with Gasteiger partial charge in [-0.2, -0.15) is 0 Å². The molecule has 194 valence electrons. The molecule has 1 amide bonds. The summed E-state index contributed by atoms with van der Waals surface area (Å²) >= 11 is 0. The van der Waals surface area contributed by atoms with Gasteiger partial charge in [0.25, 0.3) is 5.91 Å². The number of pyridine rings is 1. The average molecular weight is 516 g/mol. The molecule has 3 aromatic rings. The van der Waals surface area contributed by atoms with Gasteiger partial charge in [0.05, 0.1) is 24.1 Å². The van der Waals surface area contributed by atoms with Crippen LogP contribution in [0.4, 0.5) is 11.5 Å². The first-order chi connectivity index (χ1) is 19.2. The van der Waals surface area contributed by atoms with Gasteiger partial charge in [0.2, 0.25) is 0 Å². The Balaban J connectivity index is 1.30. The zero-order chi connectivity index (χ0) is 26.6. The highest BCUT2D eigenvalue weighted by atomic mass is 16.5. The fourth-order valence-corrected chi connectivity index (χ4v) is 5.21. The zero-order valence-electron chi connectivity index (χ0n) is 21.7. The summed E-state index contributed by atoms with van der Waals surface area (Å²) in [5.41, 5.74) is 6.51. The SMILES string of the molecule is COC1=CCc2c(nc(-c3cccnc3)nc2Nc2ccccc2C(=O)NC2CC3=C(CC=CC=C3)C2)C=C1. The molecule has 7 heteroatoms. The fourth-order valence-electron chi connectivity index (χ4n) is 5.21. The molecule has 3 aliphatic rings.